The highest BCUT2D eigenvalue weighted by Crippen LogP contribution is 2.30. The van der Waals surface area contributed by atoms with Crippen molar-refractivity contribution in [2.45, 2.75) is 45.5 Å². The number of ether oxygens (including phenoxy) is 3. The Morgan fingerprint density at radius 1 is 0.409 bits per heavy atom. The van der Waals surface area contributed by atoms with E-state index in [9.17, 15) is 0 Å². The van der Waals surface area contributed by atoms with E-state index >= 15 is 0 Å². The predicted octanol–water partition coefficient (Wildman–Crippen LogP) is 9.00. The molecule has 5 heteroatoms. The standard InChI is InChI=1S/C39H41NO3.ClH/c1-4-13-34(14-5-1)29-41-37-22-19-32(20-23-37)12-10-11-26-40-27-25-33-21-24-38(42-30-35-15-6-2-7-16-35)39(28-33)43-31-36-17-8-3-9-18-36;/h1-9,13-24,28,40H,10-12,25-27,29-31H2;1H. The Morgan fingerprint density at radius 2 is 0.932 bits per heavy atom. The molecule has 0 saturated heterocycles. The van der Waals surface area contributed by atoms with Gasteiger partial charge in [-0.25, -0.2) is 0 Å². The van der Waals surface area contributed by atoms with E-state index in [0.29, 0.717) is 19.8 Å². The van der Waals surface area contributed by atoms with Crippen LogP contribution in [0.1, 0.15) is 40.7 Å². The largest absolute Gasteiger partial charge is 0.489 e. The highest BCUT2D eigenvalue weighted by molar-refractivity contribution is 5.85. The molecule has 44 heavy (non-hydrogen) atoms. The molecular formula is C39H42ClNO3. The minimum Gasteiger partial charge on any atom is -0.489 e. The van der Waals surface area contributed by atoms with Crippen molar-refractivity contribution in [1.29, 1.82) is 0 Å². The zero-order valence-corrected chi connectivity index (χ0v) is 26.0. The van der Waals surface area contributed by atoms with Gasteiger partial charge in [0.25, 0.3) is 0 Å². The highest BCUT2D eigenvalue weighted by atomic mass is 35.5. The van der Waals surface area contributed by atoms with Gasteiger partial charge >= 0.3 is 0 Å². The fraction of sp³-hybridized carbons (Fsp3) is 0.231. The molecular weight excluding hydrogens is 566 g/mol. The van der Waals surface area contributed by atoms with Crippen molar-refractivity contribution in [3.05, 3.63) is 161 Å². The fourth-order valence-electron chi connectivity index (χ4n) is 4.84. The van der Waals surface area contributed by atoms with Crippen molar-refractivity contribution in [2.75, 3.05) is 13.1 Å². The van der Waals surface area contributed by atoms with Crippen LogP contribution >= 0.6 is 12.4 Å². The first kappa shape index (κ1) is 32.7. The minimum atomic E-state index is 0. The third kappa shape index (κ3) is 11.1. The Bertz CT molecular complexity index is 1480. The molecule has 5 aromatic rings. The van der Waals surface area contributed by atoms with E-state index in [1.807, 2.05) is 60.7 Å². The maximum atomic E-state index is 6.24. The number of nitrogens with one attached hydrogen (secondary N) is 1. The van der Waals surface area contributed by atoms with E-state index in [4.69, 9.17) is 14.2 Å². The van der Waals surface area contributed by atoms with Gasteiger partial charge < -0.3 is 19.5 Å². The SMILES string of the molecule is Cl.c1ccc(COc2ccc(CCCCNCCc3ccc(OCc4ccccc4)c(OCc4ccccc4)c3)cc2)cc1. The Hall–Kier alpha value is -4.25. The summed E-state index contributed by atoms with van der Waals surface area (Å²) in [4.78, 5) is 0. The summed E-state index contributed by atoms with van der Waals surface area (Å²) in [5, 5.41) is 3.61. The van der Waals surface area contributed by atoms with E-state index in [2.05, 4.69) is 78.1 Å². The molecule has 0 heterocycles. The fourth-order valence-corrected chi connectivity index (χ4v) is 4.84. The van der Waals surface area contributed by atoms with Gasteiger partial charge in [-0.3, -0.25) is 0 Å². The molecule has 0 radical (unpaired) electrons. The summed E-state index contributed by atoms with van der Waals surface area (Å²) in [6.45, 7) is 3.55. The molecule has 0 unspecified atom stereocenters. The number of rotatable bonds is 17. The van der Waals surface area contributed by atoms with E-state index in [-0.39, 0.29) is 12.4 Å². The third-order valence-electron chi connectivity index (χ3n) is 7.31. The zero-order valence-electron chi connectivity index (χ0n) is 25.2. The quantitative estimate of drug-likeness (QED) is 0.107. The van der Waals surface area contributed by atoms with Gasteiger partial charge in [0.05, 0.1) is 0 Å². The summed E-state index contributed by atoms with van der Waals surface area (Å²) in [5.74, 6) is 2.47. The van der Waals surface area contributed by atoms with Crippen molar-refractivity contribution < 1.29 is 14.2 Å². The lowest BCUT2D eigenvalue weighted by Crippen LogP contribution is -2.18. The smallest absolute Gasteiger partial charge is 0.161 e. The maximum Gasteiger partial charge on any atom is 0.161 e. The second-order valence-electron chi connectivity index (χ2n) is 10.7. The van der Waals surface area contributed by atoms with Gasteiger partial charge in [0.1, 0.15) is 25.6 Å². The van der Waals surface area contributed by atoms with Crippen molar-refractivity contribution in [3.8, 4) is 17.2 Å². The molecule has 0 aliphatic carbocycles. The topological polar surface area (TPSA) is 39.7 Å². The molecule has 0 aliphatic heterocycles. The molecule has 4 nitrogen and oxygen atoms in total. The summed E-state index contributed by atoms with van der Waals surface area (Å²) in [6.07, 6.45) is 4.31. The van der Waals surface area contributed by atoms with E-state index in [0.717, 1.165) is 67.1 Å². The van der Waals surface area contributed by atoms with Crippen LogP contribution in [0.25, 0.3) is 0 Å². The summed E-state index contributed by atoms with van der Waals surface area (Å²) < 4.78 is 18.3. The molecule has 0 bridgehead atoms. The van der Waals surface area contributed by atoms with Crippen molar-refractivity contribution in [3.63, 3.8) is 0 Å². The Labute approximate surface area is 268 Å². The molecule has 0 spiro atoms. The van der Waals surface area contributed by atoms with Gasteiger partial charge in [-0.2, -0.15) is 0 Å². The normalized spacial score (nSPS) is 10.5. The van der Waals surface area contributed by atoms with E-state index in [1.54, 1.807) is 0 Å². The van der Waals surface area contributed by atoms with Crippen molar-refractivity contribution in [1.82, 2.24) is 5.32 Å². The lowest BCUT2D eigenvalue weighted by atomic mass is 10.1. The van der Waals surface area contributed by atoms with Crippen molar-refractivity contribution >= 4 is 12.4 Å². The van der Waals surface area contributed by atoms with Crippen LogP contribution in [0.5, 0.6) is 17.2 Å². The first-order chi connectivity index (χ1) is 21.3. The summed E-state index contributed by atoms with van der Waals surface area (Å²) in [6, 6.07) is 45.5. The second-order valence-corrected chi connectivity index (χ2v) is 10.7. The Balaban J connectivity index is 0.00000442. The number of aryl methyl sites for hydroxylation is 1. The molecule has 0 fully saturated rings. The molecule has 5 rings (SSSR count). The molecule has 0 saturated carbocycles. The van der Waals surface area contributed by atoms with Crippen LogP contribution in [0.2, 0.25) is 0 Å². The van der Waals surface area contributed by atoms with Crippen LogP contribution < -0.4 is 19.5 Å². The van der Waals surface area contributed by atoms with Crippen LogP contribution in [0, 0.1) is 0 Å². The Kier molecular flexibility index (Phi) is 13.7. The predicted molar refractivity (Wildman–Crippen MR) is 182 cm³/mol. The van der Waals surface area contributed by atoms with Crippen LogP contribution in [0.3, 0.4) is 0 Å². The summed E-state index contributed by atoms with van der Waals surface area (Å²) in [5.41, 5.74) is 6.04. The molecule has 228 valence electrons. The van der Waals surface area contributed by atoms with Gasteiger partial charge in [0, 0.05) is 0 Å². The maximum absolute atomic E-state index is 6.24. The molecule has 5 aromatic carbocycles. The molecule has 1 N–H and O–H groups in total. The van der Waals surface area contributed by atoms with Crippen LogP contribution in [0.15, 0.2) is 133 Å². The van der Waals surface area contributed by atoms with Gasteiger partial charge in [-0.05, 0) is 90.9 Å². The monoisotopic (exact) mass is 607 g/mol. The minimum absolute atomic E-state index is 0. The van der Waals surface area contributed by atoms with Gasteiger partial charge in [-0.15, -0.1) is 12.4 Å². The number of unbranched alkanes of at least 4 members (excludes halogenated alkanes) is 1. The van der Waals surface area contributed by atoms with Crippen LogP contribution in [-0.2, 0) is 32.7 Å². The van der Waals surface area contributed by atoms with Crippen LogP contribution in [0.4, 0.5) is 0 Å². The van der Waals surface area contributed by atoms with E-state index in [1.165, 1.54) is 16.7 Å². The summed E-state index contributed by atoms with van der Waals surface area (Å²) >= 11 is 0. The number of halogens is 1. The zero-order chi connectivity index (χ0) is 29.4. The second kappa shape index (κ2) is 18.4. The lowest BCUT2D eigenvalue weighted by Gasteiger charge is -2.15. The average molecular weight is 608 g/mol. The first-order valence-corrected chi connectivity index (χ1v) is 15.2. The van der Waals surface area contributed by atoms with Crippen LogP contribution in [-0.4, -0.2) is 13.1 Å². The lowest BCUT2D eigenvalue weighted by molar-refractivity contribution is 0.255. The van der Waals surface area contributed by atoms with Crippen molar-refractivity contribution in [2.24, 2.45) is 0 Å². The first-order valence-electron chi connectivity index (χ1n) is 15.2. The average Bonchev–Trinajstić information content (AvgIpc) is 3.07. The molecule has 0 amide bonds. The molecule has 0 aromatic heterocycles. The molecule has 0 atom stereocenters. The molecule has 0 aliphatic rings. The Morgan fingerprint density at radius 3 is 1.52 bits per heavy atom. The number of benzene rings is 5. The van der Waals surface area contributed by atoms with E-state index < -0.39 is 0 Å². The van der Waals surface area contributed by atoms with Gasteiger partial charge in [-0.1, -0.05) is 109 Å². The summed E-state index contributed by atoms with van der Waals surface area (Å²) in [7, 11) is 0. The van der Waals surface area contributed by atoms with Gasteiger partial charge in [0.15, 0.2) is 11.5 Å². The number of hydrogen-bond donors (Lipinski definition) is 1. The highest BCUT2D eigenvalue weighted by Gasteiger charge is 2.09. The number of hydrogen-bond acceptors (Lipinski definition) is 4. The third-order valence-corrected chi connectivity index (χ3v) is 7.31. The van der Waals surface area contributed by atoms with Gasteiger partial charge in [0.2, 0.25) is 0 Å².